The number of pyridine rings is 1. The number of fused-ring (bicyclic) bond motifs is 3. The summed E-state index contributed by atoms with van der Waals surface area (Å²) in [6.45, 7) is 3.90. The van der Waals surface area contributed by atoms with E-state index in [2.05, 4.69) is 44.4 Å². The normalized spacial score (nSPS) is 17.0. The molecule has 4 heterocycles. The number of nitrogens with one attached hydrogen (secondary N) is 1. The summed E-state index contributed by atoms with van der Waals surface area (Å²) in [5.41, 5.74) is 2.91. The molecule has 1 amide bonds. The Morgan fingerprint density at radius 3 is 2.75 bits per heavy atom. The van der Waals surface area contributed by atoms with E-state index in [1.165, 1.54) is 17.2 Å². The van der Waals surface area contributed by atoms with Crippen LogP contribution in [-0.4, -0.2) is 45.6 Å². The Kier molecular flexibility index (Phi) is 4.88. The highest BCUT2D eigenvalue weighted by molar-refractivity contribution is 6.32. The van der Waals surface area contributed by atoms with Gasteiger partial charge in [0, 0.05) is 23.2 Å². The van der Waals surface area contributed by atoms with Crippen molar-refractivity contribution in [1.29, 1.82) is 0 Å². The van der Waals surface area contributed by atoms with Crippen molar-refractivity contribution in [2.24, 2.45) is 0 Å². The van der Waals surface area contributed by atoms with Crippen LogP contribution in [0, 0.1) is 0 Å². The summed E-state index contributed by atoms with van der Waals surface area (Å²) in [4.78, 5) is 23.1. The predicted octanol–water partition coefficient (Wildman–Crippen LogP) is 2.91. The molecule has 0 saturated carbocycles. The first-order valence-corrected chi connectivity index (χ1v) is 10.6. The molecule has 12 heteroatoms. The lowest BCUT2D eigenvalue weighted by Crippen LogP contribution is -2.21. The molecule has 10 nitrogen and oxygen atoms in total. The fourth-order valence-corrected chi connectivity index (χ4v) is 4.56. The van der Waals surface area contributed by atoms with Crippen LogP contribution in [0.5, 0.6) is 0 Å². The Hall–Kier alpha value is -3.08. The van der Waals surface area contributed by atoms with Crippen LogP contribution in [0.2, 0.25) is 10.2 Å². The van der Waals surface area contributed by atoms with Crippen LogP contribution in [0.3, 0.4) is 0 Å². The molecule has 32 heavy (non-hydrogen) atoms. The molecule has 0 saturated heterocycles. The van der Waals surface area contributed by atoms with Gasteiger partial charge in [-0.1, -0.05) is 37.0 Å². The number of aliphatic hydroxyl groups is 1. The number of halogens is 2. The molecule has 1 aliphatic carbocycles. The van der Waals surface area contributed by atoms with Gasteiger partial charge in [0.05, 0.1) is 41.3 Å². The van der Waals surface area contributed by atoms with Crippen molar-refractivity contribution in [2.45, 2.75) is 38.2 Å². The molecule has 0 spiro atoms. The van der Waals surface area contributed by atoms with Crippen molar-refractivity contribution in [3.05, 3.63) is 57.9 Å². The maximum Gasteiger partial charge on any atom is 0.232 e. The largest absolute Gasteiger partial charge is 0.390 e. The van der Waals surface area contributed by atoms with E-state index in [1.807, 2.05) is 0 Å². The third-order valence-electron chi connectivity index (χ3n) is 5.51. The number of carbonyl (C=O) groups is 1. The van der Waals surface area contributed by atoms with Gasteiger partial charge >= 0.3 is 0 Å². The number of rotatable bonds is 4. The zero-order valence-corrected chi connectivity index (χ0v) is 18.6. The minimum atomic E-state index is -0.418. The Bertz CT molecular complexity index is 1360. The van der Waals surface area contributed by atoms with Crippen molar-refractivity contribution in [2.75, 3.05) is 5.32 Å². The molecule has 1 atom stereocenters. The van der Waals surface area contributed by atoms with Crippen LogP contribution >= 0.6 is 23.2 Å². The van der Waals surface area contributed by atoms with Gasteiger partial charge in [0.1, 0.15) is 5.69 Å². The molecule has 164 valence electrons. The first-order chi connectivity index (χ1) is 15.3. The molecule has 0 radical (unpaired) electrons. The van der Waals surface area contributed by atoms with Gasteiger partial charge in [-0.3, -0.25) is 4.79 Å². The lowest BCUT2D eigenvalue weighted by molar-refractivity contribution is -0.117. The highest BCUT2D eigenvalue weighted by Gasteiger charge is 2.43. The maximum atomic E-state index is 13.2. The quantitative estimate of drug-likeness (QED) is 0.467. The zero-order valence-electron chi connectivity index (χ0n) is 17.1. The Morgan fingerprint density at radius 2 is 2.03 bits per heavy atom. The number of aromatic nitrogens is 7. The van der Waals surface area contributed by atoms with Crippen molar-refractivity contribution in [3.63, 3.8) is 0 Å². The first-order valence-electron chi connectivity index (χ1n) is 9.80. The highest BCUT2D eigenvalue weighted by Crippen LogP contribution is 2.46. The van der Waals surface area contributed by atoms with Gasteiger partial charge in [-0.25, -0.2) is 14.5 Å². The molecule has 0 unspecified atom stereocenters. The highest BCUT2D eigenvalue weighted by atomic mass is 35.5. The van der Waals surface area contributed by atoms with Crippen LogP contribution in [0.1, 0.15) is 43.1 Å². The van der Waals surface area contributed by atoms with E-state index < -0.39 is 5.92 Å². The maximum absolute atomic E-state index is 13.2. The van der Waals surface area contributed by atoms with E-state index >= 15 is 0 Å². The zero-order chi connectivity index (χ0) is 22.6. The van der Waals surface area contributed by atoms with Crippen LogP contribution in [0.4, 0.5) is 5.69 Å². The summed E-state index contributed by atoms with van der Waals surface area (Å²) >= 11 is 12.4. The van der Waals surface area contributed by atoms with Gasteiger partial charge in [-0.2, -0.15) is 10.2 Å². The Morgan fingerprint density at radius 1 is 1.22 bits per heavy atom. The average Bonchev–Trinajstić information content (AvgIpc) is 3.42. The summed E-state index contributed by atoms with van der Waals surface area (Å²) in [5.74, 6) is -0.321. The molecule has 5 rings (SSSR count). The van der Waals surface area contributed by atoms with Crippen LogP contribution in [0.25, 0.3) is 11.5 Å². The van der Waals surface area contributed by atoms with Gasteiger partial charge < -0.3 is 10.4 Å². The third kappa shape index (κ3) is 3.40. The van der Waals surface area contributed by atoms with Crippen molar-refractivity contribution in [1.82, 2.24) is 34.6 Å². The first kappa shape index (κ1) is 20.8. The summed E-state index contributed by atoms with van der Waals surface area (Å²) in [6.07, 6.45) is 5.21. The molecule has 2 N–H and O–H groups in total. The van der Waals surface area contributed by atoms with Gasteiger partial charge in [0.2, 0.25) is 5.91 Å². The Labute approximate surface area is 192 Å². The number of carbonyl (C=O) groups excluding carboxylic acids is 1. The van der Waals surface area contributed by atoms with Crippen LogP contribution < -0.4 is 5.32 Å². The van der Waals surface area contributed by atoms with E-state index in [9.17, 15) is 4.79 Å². The second-order valence-corrected chi connectivity index (χ2v) is 9.04. The van der Waals surface area contributed by atoms with E-state index in [0.717, 1.165) is 11.3 Å². The number of anilines is 1. The molecular weight excluding hydrogens is 455 g/mol. The number of hydrogen-bond acceptors (Lipinski definition) is 7. The second kappa shape index (κ2) is 7.51. The van der Waals surface area contributed by atoms with E-state index in [1.54, 1.807) is 22.8 Å². The third-order valence-corrected chi connectivity index (χ3v) is 5.97. The lowest BCUT2D eigenvalue weighted by atomic mass is 9.88. The average molecular weight is 473 g/mol. The predicted molar refractivity (Wildman–Crippen MR) is 117 cm³/mol. The Balaban J connectivity index is 1.43. The molecule has 0 aliphatic heterocycles. The van der Waals surface area contributed by atoms with Gasteiger partial charge in [0.15, 0.2) is 16.6 Å². The van der Waals surface area contributed by atoms with E-state index in [0.29, 0.717) is 34.4 Å². The topological polar surface area (TPSA) is 123 Å². The molecule has 4 aromatic heterocycles. The van der Waals surface area contributed by atoms with Crippen LogP contribution in [0.15, 0.2) is 30.7 Å². The number of amides is 1. The molecular formula is C20H18Cl2N8O2. The molecule has 1 aliphatic rings. The minimum absolute atomic E-state index is 0.193. The van der Waals surface area contributed by atoms with Crippen molar-refractivity contribution < 1.29 is 9.90 Å². The summed E-state index contributed by atoms with van der Waals surface area (Å²) in [5, 5.41) is 25.1. The van der Waals surface area contributed by atoms with Crippen molar-refractivity contribution >= 4 is 40.4 Å². The van der Waals surface area contributed by atoms with E-state index in [-0.39, 0.29) is 23.0 Å². The van der Waals surface area contributed by atoms with E-state index in [4.69, 9.17) is 28.3 Å². The summed E-state index contributed by atoms with van der Waals surface area (Å²) in [6, 6.07) is 3.28. The molecule has 4 aromatic rings. The number of hydrogen-bond donors (Lipinski definition) is 2. The van der Waals surface area contributed by atoms with Gasteiger partial charge in [-0.15, -0.1) is 9.90 Å². The monoisotopic (exact) mass is 472 g/mol. The lowest BCUT2D eigenvalue weighted by Gasteiger charge is -2.19. The fraction of sp³-hybridized carbons (Fsp3) is 0.300. The second-order valence-electron chi connectivity index (χ2n) is 8.24. The molecule has 0 aromatic carbocycles. The standard InChI is InChI=1S/C20H18Cl2N8O2/c1-20(2)5-12(13-8-23-16-4-15(22)28-29(16)17(13)20)19(32)26-10-3-14(21)18(24-6-10)30-25-7-11(9-31)27-30/h3-4,6-8,12,31H,5,9H2,1-2H3,(H,26,32)/t12-/m1/s1. The van der Waals surface area contributed by atoms with Gasteiger partial charge in [-0.05, 0) is 12.5 Å². The minimum Gasteiger partial charge on any atom is -0.390 e. The number of aliphatic hydroxyl groups excluding tert-OH is 1. The summed E-state index contributed by atoms with van der Waals surface area (Å²) < 4.78 is 1.72. The smallest absolute Gasteiger partial charge is 0.232 e. The van der Waals surface area contributed by atoms with Crippen molar-refractivity contribution in [3.8, 4) is 5.82 Å². The number of nitrogens with zero attached hydrogens (tertiary/aromatic N) is 7. The van der Waals surface area contributed by atoms with Gasteiger partial charge in [0.25, 0.3) is 0 Å². The SMILES string of the molecule is CC1(C)C[C@@H](C(=O)Nc2cnc(-n3ncc(CO)n3)c(Cl)c2)c2cnc3cc(Cl)nn3c21. The summed E-state index contributed by atoms with van der Waals surface area (Å²) in [7, 11) is 0. The van der Waals surface area contributed by atoms with Crippen LogP contribution in [-0.2, 0) is 16.8 Å². The molecule has 0 bridgehead atoms. The molecule has 0 fully saturated rings. The fourth-order valence-electron chi connectivity index (χ4n) is 4.15.